The van der Waals surface area contributed by atoms with E-state index < -0.39 is 0 Å². The zero-order valence-electron chi connectivity index (χ0n) is 9.41. The van der Waals surface area contributed by atoms with Gasteiger partial charge in [0, 0.05) is 12.5 Å². The molecule has 0 aromatic rings. The second-order valence-corrected chi connectivity index (χ2v) is 4.46. The average molecular weight is 214 g/mol. The smallest absolute Gasteiger partial charge is 0.224 e. The van der Waals surface area contributed by atoms with Crippen LogP contribution in [-0.2, 0) is 4.79 Å². The topological polar surface area (TPSA) is 75.4 Å². The number of nitrogens with two attached hydrogens (primary N) is 1. The van der Waals surface area contributed by atoms with Crippen molar-refractivity contribution in [2.24, 2.45) is 11.7 Å². The fourth-order valence-electron chi connectivity index (χ4n) is 1.89. The third-order valence-electron chi connectivity index (χ3n) is 3.11. The number of aliphatic hydroxyl groups is 1. The highest BCUT2D eigenvalue weighted by Gasteiger charge is 2.24. The van der Waals surface area contributed by atoms with Gasteiger partial charge in [-0.05, 0) is 12.8 Å². The quantitative estimate of drug-likeness (QED) is 0.595. The summed E-state index contributed by atoms with van der Waals surface area (Å²) >= 11 is 0. The van der Waals surface area contributed by atoms with Crippen molar-refractivity contribution >= 4 is 5.91 Å². The molecular formula is C11H22N2O2. The highest BCUT2D eigenvalue weighted by atomic mass is 16.3. The standard InChI is InChI=1S/C11H22N2O2/c1-8(7-12)11(15)13-9-5-3-2-4-6-10(9)14/h8-10,14H,2-7,12H2,1H3,(H,13,15). The summed E-state index contributed by atoms with van der Waals surface area (Å²) in [6, 6.07) is -0.0750. The Bertz CT molecular complexity index is 209. The third kappa shape index (κ3) is 3.80. The van der Waals surface area contributed by atoms with Crippen LogP contribution in [0.15, 0.2) is 0 Å². The zero-order valence-corrected chi connectivity index (χ0v) is 9.41. The van der Waals surface area contributed by atoms with Crippen LogP contribution in [0, 0.1) is 5.92 Å². The fraction of sp³-hybridized carbons (Fsp3) is 0.909. The van der Waals surface area contributed by atoms with E-state index in [0.717, 1.165) is 32.1 Å². The Morgan fingerprint density at radius 2 is 2.13 bits per heavy atom. The molecule has 4 N–H and O–H groups in total. The molecule has 4 nitrogen and oxygen atoms in total. The van der Waals surface area contributed by atoms with E-state index in [-0.39, 0.29) is 24.0 Å². The highest BCUT2D eigenvalue weighted by molar-refractivity contribution is 5.78. The van der Waals surface area contributed by atoms with Crippen LogP contribution in [0.3, 0.4) is 0 Å². The summed E-state index contributed by atoms with van der Waals surface area (Å²) in [5.74, 6) is -0.205. The van der Waals surface area contributed by atoms with E-state index in [1.807, 2.05) is 0 Å². The average Bonchev–Trinajstić information content (AvgIpc) is 2.43. The van der Waals surface area contributed by atoms with Gasteiger partial charge in [-0.1, -0.05) is 26.2 Å². The van der Waals surface area contributed by atoms with E-state index in [2.05, 4.69) is 5.32 Å². The predicted octanol–water partition coefficient (Wildman–Crippen LogP) is 0.391. The molecule has 15 heavy (non-hydrogen) atoms. The van der Waals surface area contributed by atoms with Gasteiger partial charge in [0.15, 0.2) is 0 Å². The first-order chi connectivity index (χ1) is 7.15. The molecular weight excluding hydrogens is 192 g/mol. The lowest BCUT2D eigenvalue weighted by Gasteiger charge is -2.23. The Kier molecular flexibility index (Phi) is 5.05. The molecule has 88 valence electrons. The molecule has 1 aliphatic carbocycles. The number of amides is 1. The number of hydrogen-bond acceptors (Lipinski definition) is 3. The van der Waals surface area contributed by atoms with Gasteiger partial charge in [-0.2, -0.15) is 0 Å². The van der Waals surface area contributed by atoms with Gasteiger partial charge in [0.25, 0.3) is 0 Å². The maximum absolute atomic E-state index is 11.6. The molecule has 1 aliphatic rings. The summed E-state index contributed by atoms with van der Waals surface area (Å²) in [5, 5.41) is 12.7. The van der Waals surface area contributed by atoms with E-state index in [1.54, 1.807) is 6.92 Å². The number of hydrogen-bond donors (Lipinski definition) is 3. The molecule has 0 radical (unpaired) electrons. The van der Waals surface area contributed by atoms with E-state index in [9.17, 15) is 9.90 Å². The van der Waals surface area contributed by atoms with Crippen molar-refractivity contribution in [2.75, 3.05) is 6.54 Å². The van der Waals surface area contributed by atoms with Gasteiger partial charge in [-0.15, -0.1) is 0 Å². The van der Waals surface area contributed by atoms with E-state index in [4.69, 9.17) is 5.73 Å². The Labute approximate surface area is 91.2 Å². The van der Waals surface area contributed by atoms with Crippen molar-refractivity contribution in [1.29, 1.82) is 0 Å². The van der Waals surface area contributed by atoms with Crippen LogP contribution in [0.4, 0.5) is 0 Å². The van der Waals surface area contributed by atoms with E-state index in [1.165, 1.54) is 0 Å². The van der Waals surface area contributed by atoms with Crippen LogP contribution in [0.25, 0.3) is 0 Å². The van der Waals surface area contributed by atoms with E-state index >= 15 is 0 Å². The van der Waals surface area contributed by atoms with Gasteiger partial charge in [-0.3, -0.25) is 4.79 Å². The maximum Gasteiger partial charge on any atom is 0.224 e. The van der Waals surface area contributed by atoms with Crippen molar-refractivity contribution in [2.45, 2.75) is 51.2 Å². The molecule has 1 saturated carbocycles. The van der Waals surface area contributed by atoms with Gasteiger partial charge in [0.1, 0.15) is 0 Å². The molecule has 1 fully saturated rings. The van der Waals surface area contributed by atoms with Crippen molar-refractivity contribution in [3.05, 3.63) is 0 Å². The lowest BCUT2D eigenvalue weighted by atomic mass is 10.0. The van der Waals surface area contributed by atoms with Gasteiger partial charge >= 0.3 is 0 Å². The van der Waals surface area contributed by atoms with Gasteiger partial charge < -0.3 is 16.2 Å². The normalized spacial score (nSPS) is 29.3. The molecule has 0 saturated heterocycles. The zero-order chi connectivity index (χ0) is 11.3. The minimum absolute atomic E-state index is 0.0385. The first kappa shape index (κ1) is 12.5. The second-order valence-electron chi connectivity index (χ2n) is 4.46. The van der Waals surface area contributed by atoms with Crippen LogP contribution in [0.1, 0.15) is 39.0 Å². The van der Waals surface area contributed by atoms with E-state index in [0.29, 0.717) is 6.54 Å². The molecule has 1 amide bonds. The fourth-order valence-corrected chi connectivity index (χ4v) is 1.89. The molecule has 0 heterocycles. The number of rotatable bonds is 3. The van der Waals surface area contributed by atoms with Crippen LogP contribution in [0.2, 0.25) is 0 Å². The minimum atomic E-state index is -0.388. The maximum atomic E-state index is 11.6. The Morgan fingerprint density at radius 1 is 1.47 bits per heavy atom. The largest absolute Gasteiger partial charge is 0.391 e. The predicted molar refractivity (Wildman–Crippen MR) is 59.2 cm³/mol. The molecule has 0 aromatic heterocycles. The molecule has 0 aromatic carbocycles. The van der Waals surface area contributed by atoms with Crippen LogP contribution < -0.4 is 11.1 Å². The molecule has 0 spiro atoms. The Balaban J connectivity index is 2.44. The first-order valence-electron chi connectivity index (χ1n) is 5.83. The Morgan fingerprint density at radius 3 is 2.80 bits per heavy atom. The lowest BCUT2D eigenvalue weighted by Crippen LogP contribution is -2.45. The summed E-state index contributed by atoms with van der Waals surface area (Å²) < 4.78 is 0. The molecule has 3 unspecified atom stereocenters. The Hall–Kier alpha value is -0.610. The summed E-state index contributed by atoms with van der Waals surface area (Å²) in [7, 11) is 0. The van der Waals surface area contributed by atoms with Gasteiger partial charge in [0.05, 0.1) is 12.1 Å². The molecule has 0 aliphatic heterocycles. The molecule has 4 heteroatoms. The molecule has 1 rings (SSSR count). The van der Waals surface area contributed by atoms with Crippen molar-refractivity contribution < 1.29 is 9.90 Å². The molecule has 3 atom stereocenters. The number of carbonyl (C=O) groups is 1. The number of aliphatic hydroxyl groups excluding tert-OH is 1. The SMILES string of the molecule is CC(CN)C(=O)NC1CCCCCC1O. The van der Waals surface area contributed by atoms with Gasteiger partial charge in [-0.25, -0.2) is 0 Å². The minimum Gasteiger partial charge on any atom is -0.391 e. The van der Waals surface area contributed by atoms with Gasteiger partial charge in [0.2, 0.25) is 5.91 Å². The summed E-state index contributed by atoms with van der Waals surface area (Å²) in [6.07, 6.45) is 4.57. The summed E-state index contributed by atoms with van der Waals surface area (Å²) in [6.45, 7) is 2.16. The van der Waals surface area contributed by atoms with Crippen molar-refractivity contribution in [3.63, 3.8) is 0 Å². The first-order valence-corrected chi connectivity index (χ1v) is 5.83. The summed E-state index contributed by atoms with van der Waals surface area (Å²) in [4.78, 5) is 11.6. The van der Waals surface area contributed by atoms with Crippen LogP contribution in [-0.4, -0.2) is 29.7 Å². The lowest BCUT2D eigenvalue weighted by molar-refractivity contribution is -0.125. The monoisotopic (exact) mass is 214 g/mol. The highest BCUT2D eigenvalue weighted by Crippen LogP contribution is 2.18. The summed E-state index contributed by atoms with van der Waals surface area (Å²) in [5.41, 5.74) is 5.42. The van der Waals surface area contributed by atoms with Crippen molar-refractivity contribution in [3.8, 4) is 0 Å². The second kappa shape index (κ2) is 6.08. The third-order valence-corrected chi connectivity index (χ3v) is 3.11. The van der Waals surface area contributed by atoms with Crippen molar-refractivity contribution in [1.82, 2.24) is 5.32 Å². The van der Waals surface area contributed by atoms with Crippen LogP contribution in [0.5, 0.6) is 0 Å². The number of nitrogens with one attached hydrogen (secondary N) is 1. The molecule has 0 bridgehead atoms. The number of carbonyl (C=O) groups excluding carboxylic acids is 1. The van der Waals surface area contributed by atoms with Crippen LogP contribution >= 0.6 is 0 Å².